The van der Waals surface area contributed by atoms with Gasteiger partial charge in [0.05, 0.1) is 6.54 Å². The van der Waals surface area contributed by atoms with Crippen molar-refractivity contribution in [2.45, 2.75) is 18.5 Å². The van der Waals surface area contributed by atoms with Crippen LogP contribution in [0.15, 0.2) is 54.6 Å². The second-order valence-corrected chi connectivity index (χ2v) is 6.65. The van der Waals surface area contributed by atoms with Gasteiger partial charge >= 0.3 is 18.4 Å². The van der Waals surface area contributed by atoms with Crippen molar-refractivity contribution in [2.24, 2.45) is 0 Å². The summed E-state index contributed by atoms with van der Waals surface area (Å²) in [5.41, 5.74) is 1.11. The van der Waals surface area contributed by atoms with Crippen LogP contribution in [0.4, 0.5) is 36.8 Å². The number of nitrogens with zero attached hydrogens (tertiary/aromatic N) is 1. The standard InChI is InChI=1S/C21H15F6NO4/c22-18(20(23,24)25)21(26,27)32-16-7-4-13(5-8-16)6-9-17(29)14-2-1-3-15(12-14)28-10-11-31-19(28)30/h1-9,12,18H,10-11H2. The quantitative estimate of drug-likeness (QED) is 0.316. The van der Waals surface area contributed by atoms with Crippen LogP contribution in [0.25, 0.3) is 6.08 Å². The molecule has 1 fully saturated rings. The monoisotopic (exact) mass is 459 g/mol. The summed E-state index contributed by atoms with van der Waals surface area (Å²) in [6.45, 7) is 0.594. The lowest BCUT2D eigenvalue weighted by molar-refractivity contribution is -0.304. The zero-order chi connectivity index (χ0) is 23.5. The second-order valence-electron chi connectivity index (χ2n) is 6.65. The molecule has 32 heavy (non-hydrogen) atoms. The van der Waals surface area contributed by atoms with E-state index in [-0.39, 0.29) is 12.2 Å². The summed E-state index contributed by atoms with van der Waals surface area (Å²) < 4.78 is 84.7. The number of alkyl halides is 6. The van der Waals surface area contributed by atoms with Gasteiger partial charge in [-0.15, -0.1) is 0 Å². The van der Waals surface area contributed by atoms with Crippen LogP contribution >= 0.6 is 0 Å². The predicted octanol–water partition coefficient (Wildman–Crippen LogP) is 5.41. The number of hydrogen-bond acceptors (Lipinski definition) is 4. The number of benzene rings is 2. The molecule has 0 bridgehead atoms. The third kappa shape index (κ3) is 5.40. The fraction of sp³-hybridized carbons (Fsp3) is 0.238. The Hall–Kier alpha value is -3.50. The zero-order valence-electron chi connectivity index (χ0n) is 16.1. The first-order valence-electron chi connectivity index (χ1n) is 9.12. The Morgan fingerprint density at radius 3 is 2.38 bits per heavy atom. The number of carbonyl (C=O) groups is 2. The van der Waals surface area contributed by atoms with Gasteiger partial charge in [0.2, 0.25) is 0 Å². The van der Waals surface area contributed by atoms with Gasteiger partial charge in [0.15, 0.2) is 5.78 Å². The van der Waals surface area contributed by atoms with Crippen molar-refractivity contribution in [3.8, 4) is 5.75 Å². The van der Waals surface area contributed by atoms with Gasteiger partial charge in [-0.05, 0) is 35.9 Å². The van der Waals surface area contributed by atoms with Gasteiger partial charge in [0, 0.05) is 11.3 Å². The number of ether oxygens (including phenoxy) is 2. The summed E-state index contributed by atoms with van der Waals surface area (Å²) in [5.74, 6) is -1.10. The lowest BCUT2D eigenvalue weighted by Crippen LogP contribution is -2.45. The molecule has 1 aliphatic heterocycles. The molecule has 2 aromatic rings. The van der Waals surface area contributed by atoms with Crippen LogP contribution in [0.2, 0.25) is 0 Å². The Balaban J connectivity index is 1.66. The van der Waals surface area contributed by atoms with E-state index in [2.05, 4.69) is 4.74 Å². The van der Waals surface area contributed by atoms with Gasteiger partial charge in [-0.1, -0.05) is 30.3 Å². The molecule has 0 saturated carbocycles. The summed E-state index contributed by atoms with van der Waals surface area (Å²) in [5, 5.41) is 0. The molecule has 0 aliphatic carbocycles. The number of allylic oxidation sites excluding steroid dienone is 1. The molecular formula is C21H15F6NO4. The number of rotatable bonds is 7. The topological polar surface area (TPSA) is 55.8 Å². The second kappa shape index (κ2) is 8.93. The van der Waals surface area contributed by atoms with Gasteiger partial charge in [-0.3, -0.25) is 9.69 Å². The maximum Gasteiger partial charge on any atom is 0.439 e. The molecule has 1 aliphatic rings. The molecule has 3 rings (SSSR count). The normalized spacial score (nSPS) is 15.7. The molecule has 0 aromatic heterocycles. The average Bonchev–Trinajstić information content (AvgIpc) is 3.17. The van der Waals surface area contributed by atoms with Gasteiger partial charge in [0.1, 0.15) is 12.4 Å². The van der Waals surface area contributed by atoms with E-state index >= 15 is 0 Å². The lowest BCUT2D eigenvalue weighted by Gasteiger charge is -2.23. The van der Waals surface area contributed by atoms with Gasteiger partial charge in [0.25, 0.3) is 6.17 Å². The number of anilines is 1. The highest BCUT2D eigenvalue weighted by atomic mass is 19.4. The van der Waals surface area contributed by atoms with Crippen molar-refractivity contribution in [3.05, 3.63) is 65.7 Å². The number of cyclic esters (lactones) is 1. The van der Waals surface area contributed by atoms with E-state index < -0.39 is 36.1 Å². The van der Waals surface area contributed by atoms with Crippen LogP contribution in [-0.4, -0.2) is 43.5 Å². The third-order valence-electron chi connectivity index (χ3n) is 4.35. The zero-order valence-corrected chi connectivity index (χ0v) is 16.1. The summed E-state index contributed by atoms with van der Waals surface area (Å²) in [4.78, 5) is 25.4. The van der Waals surface area contributed by atoms with Crippen molar-refractivity contribution in [1.82, 2.24) is 0 Å². The smallest absolute Gasteiger partial charge is 0.439 e. The van der Waals surface area contributed by atoms with E-state index in [9.17, 15) is 35.9 Å². The van der Waals surface area contributed by atoms with Crippen molar-refractivity contribution in [2.75, 3.05) is 18.1 Å². The van der Waals surface area contributed by atoms with E-state index in [4.69, 9.17) is 4.74 Å². The number of amides is 1. The highest BCUT2D eigenvalue weighted by Gasteiger charge is 2.59. The molecule has 0 radical (unpaired) electrons. The molecule has 1 amide bonds. The van der Waals surface area contributed by atoms with Crippen LogP contribution < -0.4 is 9.64 Å². The number of halogens is 6. The Labute approximate surface area is 177 Å². The predicted molar refractivity (Wildman–Crippen MR) is 101 cm³/mol. The van der Waals surface area contributed by atoms with E-state index in [1.165, 1.54) is 41.3 Å². The van der Waals surface area contributed by atoms with Gasteiger partial charge < -0.3 is 9.47 Å². The van der Waals surface area contributed by atoms with Crippen molar-refractivity contribution >= 4 is 23.6 Å². The molecule has 1 saturated heterocycles. The SMILES string of the molecule is O=C(C=Cc1ccc(OC(F)(F)C(F)C(F)(F)F)cc1)c1cccc(N2CCOC2=O)c1. The van der Waals surface area contributed by atoms with Crippen LogP contribution in [0.3, 0.4) is 0 Å². The van der Waals surface area contributed by atoms with E-state index in [1.54, 1.807) is 12.1 Å². The first kappa shape index (κ1) is 23.2. The molecule has 1 heterocycles. The number of carbonyl (C=O) groups excluding carboxylic acids is 2. The highest BCUT2D eigenvalue weighted by Crippen LogP contribution is 2.36. The minimum atomic E-state index is -5.78. The van der Waals surface area contributed by atoms with Gasteiger partial charge in [-0.25, -0.2) is 9.18 Å². The van der Waals surface area contributed by atoms with Crippen LogP contribution in [-0.2, 0) is 4.74 Å². The van der Waals surface area contributed by atoms with Gasteiger partial charge in [-0.2, -0.15) is 22.0 Å². The largest absolute Gasteiger partial charge is 0.447 e. The molecular weight excluding hydrogens is 444 g/mol. The van der Waals surface area contributed by atoms with Crippen LogP contribution in [0.5, 0.6) is 5.75 Å². The lowest BCUT2D eigenvalue weighted by atomic mass is 10.1. The minimum absolute atomic E-state index is 0.241. The molecule has 11 heteroatoms. The maximum absolute atomic E-state index is 13.3. The summed E-state index contributed by atoms with van der Waals surface area (Å²) >= 11 is 0. The molecule has 170 valence electrons. The van der Waals surface area contributed by atoms with Crippen molar-refractivity contribution in [3.63, 3.8) is 0 Å². The maximum atomic E-state index is 13.3. The molecule has 1 atom stereocenters. The molecule has 5 nitrogen and oxygen atoms in total. The summed E-state index contributed by atoms with van der Waals surface area (Å²) in [6.07, 6.45) is -13.4. The average molecular weight is 459 g/mol. The molecule has 0 spiro atoms. The summed E-state index contributed by atoms with van der Waals surface area (Å²) in [6, 6.07) is 10.5. The summed E-state index contributed by atoms with van der Waals surface area (Å²) in [7, 11) is 0. The fourth-order valence-electron chi connectivity index (χ4n) is 2.77. The highest BCUT2D eigenvalue weighted by molar-refractivity contribution is 6.07. The Morgan fingerprint density at radius 2 is 1.78 bits per heavy atom. The van der Waals surface area contributed by atoms with Crippen molar-refractivity contribution in [1.29, 1.82) is 0 Å². The number of hydrogen-bond donors (Lipinski definition) is 0. The first-order chi connectivity index (χ1) is 15.0. The van der Waals surface area contributed by atoms with Crippen molar-refractivity contribution < 1.29 is 45.4 Å². The Bertz CT molecular complexity index is 1020. The fourth-order valence-corrected chi connectivity index (χ4v) is 2.77. The Kier molecular flexibility index (Phi) is 6.47. The van der Waals surface area contributed by atoms with Crippen LogP contribution in [0, 0.1) is 0 Å². The molecule has 2 aromatic carbocycles. The molecule has 1 unspecified atom stereocenters. The minimum Gasteiger partial charge on any atom is -0.447 e. The van der Waals surface area contributed by atoms with E-state index in [0.717, 1.165) is 12.1 Å². The first-order valence-corrected chi connectivity index (χ1v) is 9.12. The van der Waals surface area contributed by atoms with E-state index in [1.807, 2.05) is 0 Å². The third-order valence-corrected chi connectivity index (χ3v) is 4.35. The Morgan fingerprint density at radius 1 is 1.09 bits per heavy atom. The number of ketones is 1. The van der Waals surface area contributed by atoms with E-state index in [0.29, 0.717) is 17.8 Å². The molecule has 0 N–H and O–H groups in total. The van der Waals surface area contributed by atoms with Crippen LogP contribution in [0.1, 0.15) is 15.9 Å².